The van der Waals surface area contributed by atoms with Gasteiger partial charge in [-0.2, -0.15) is 35.4 Å². The van der Waals surface area contributed by atoms with Crippen molar-refractivity contribution in [3.05, 3.63) is 59.7 Å². The number of hydrogen-bond donors (Lipinski definition) is 0. The van der Waals surface area contributed by atoms with Gasteiger partial charge in [-0.25, -0.2) is 24.3 Å². The zero-order valence-electron chi connectivity index (χ0n) is 16.7. The average molecular weight is 580 g/mol. The van der Waals surface area contributed by atoms with E-state index < -0.39 is 16.1 Å². The molecule has 0 aromatic heterocycles. The van der Waals surface area contributed by atoms with Gasteiger partial charge in [0.15, 0.2) is 0 Å². The van der Waals surface area contributed by atoms with Crippen LogP contribution in [0.2, 0.25) is 51.4 Å². The van der Waals surface area contributed by atoms with Crippen molar-refractivity contribution in [2.75, 3.05) is 0 Å². The SMILES string of the molecule is C[Si](C)(C)CC[c-]1cccc1.C[Si](C)(C)CC[c-]1cccc1.[Cl-].[Cl-].[Hf+4]. The second-order valence-corrected chi connectivity index (χ2v) is 20.0. The van der Waals surface area contributed by atoms with Crippen LogP contribution in [0.3, 0.4) is 0 Å². The first kappa shape index (κ1) is 30.3. The maximum Gasteiger partial charge on any atom is 4.00 e. The molecule has 0 amide bonds. The molecule has 0 aliphatic rings. The molecule has 0 saturated heterocycles. The fraction of sp³-hybridized carbons (Fsp3) is 0.500. The molecule has 2 aromatic rings. The smallest absolute Gasteiger partial charge is 1.00 e. The predicted octanol–water partition coefficient (Wildman–Crippen LogP) is 0.578. The molecule has 0 N–H and O–H groups in total. The molecule has 0 heterocycles. The fourth-order valence-electron chi connectivity index (χ4n) is 2.20. The van der Waals surface area contributed by atoms with Gasteiger partial charge >= 0.3 is 25.8 Å². The molecular formula is C20H34Cl2HfSi2. The summed E-state index contributed by atoms with van der Waals surface area (Å²) in [4.78, 5) is 0. The Bertz CT molecular complexity index is 447. The molecule has 0 bridgehead atoms. The van der Waals surface area contributed by atoms with Crippen LogP contribution in [0.25, 0.3) is 0 Å². The summed E-state index contributed by atoms with van der Waals surface area (Å²) in [6.45, 7) is 14.6. The summed E-state index contributed by atoms with van der Waals surface area (Å²) >= 11 is 0. The van der Waals surface area contributed by atoms with Crippen LogP contribution in [0.4, 0.5) is 0 Å². The van der Waals surface area contributed by atoms with Crippen molar-refractivity contribution in [1.82, 2.24) is 0 Å². The van der Waals surface area contributed by atoms with Gasteiger partial charge in [0.1, 0.15) is 0 Å². The molecule has 0 saturated carbocycles. The standard InChI is InChI=1S/2C10H17Si.2ClH.Hf/c2*1-11(2,3)9-8-10-6-4-5-7-10;;;/h2*4-7H,8-9H2,1-3H3;2*1H;/q2*-1;;;+4/p-2. The number of halogens is 2. The summed E-state index contributed by atoms with van der Waals surface area (Å²) in [7, 11) is -1.63. The van der Waals surface area contributed by atoms with Crippen LogP contribution in [-0.4, -0.2) is 16.1 Å². The zero-order valence-corrected chi connectivity index (χ0v) is 23.8. The van der Waals surface area contributed by atoms with Gasteiger partial charge in [0.2, 0.25) is 0 Å². The van der Waals surface area contributed by atoms with E-state index >= 15 is 0 Å². The van der Waals surface area contributed by atoms with E-state index in [4.69, 9.17) is 0 Å². The molecule has 140 valence electrons. The molecule has 0 atom stereocenters. The van der Waals surface area contributed by atoms with Crippen molar-refractivity contribution in [2.45, 2.75) is 64.2 Å². The van der Waals surface area contributed by atoms with Crippen molar-refractivity contribution in [3.8, 4) is 0 Å². The predicted molar refractivity (Wildman–Crippen MR) is 108 cm³/mol. The molecular weight excluding hydrogens is 546 g/mol. The normalized spacial score (nSPS) is 10.5. The summed E-state index contributed by atoms with van der Waals surface area (Å²) < 4.78 is 0. The van der Waals surface area contributed by atoms with Crippen LogP contribution in [0, 0.1) is 0 Å². The van der Waals surface area contributed by atoms with Gasteiger partial charge in [-0.3, -0.25) is 0 Å². The van der Waals surface area contributed by atoms with E-state index in [-0.39, 0.29) is 50.7 Å². The van der Waals surface area contributed by atoms with Gasteiger partial charge in [-0.05, 0) is 0 Å². The molecule has 0 nitrogen and oxygen atoms in total. The summed E-state index contributed by atoms with van der Waals surface area (Å²) in [5.74, 6) is 0. The summed E-state index contributed by atoms with van der Waals surface area (Å²) in [5.41, 5.74) is 3.01. The minimum atomic E-state index is -0.813. The number of aryl methyl sites for hydroxylation is 2. The first-order chi connectivity index (χ1) is 10.2. The van der Waals surface area contributed by atoms with Gasteiger partial charge in [-0.1, -0.05) is 64.2 Å². The van der Waals surface area contributed by atoms with Crippen LogP contribution in [-0.2, 0) is 38.7 Å². The molecule has 0 radical (unpaired) electrons. The Labute approximate surface area is 189 Å². The van der Waals surface area contributed by atoms with Crippen LogP contribution >= 0.6 is 0 Å². The van der Waals surface area contributed by atoms with Crippen molar-refractivity contribution < 1.29 is 50.7 Å². The van der Waals surface area contributed by atoms with Crippen molar-refractivity contribution in [2.24, 2.45) is 0 Å². The van der Waals surface area contributed by atoms with Gasteiger partial charge in [0.25, 0.3) is 0 Å². The molecule has 2 aromatic carbocycles. The zero-order chi connectivity index (χ0) is 16.6. The van der Waals surface area contributed by atoms with Crippen LogP contribution < -0.4 is 24.8 Å². The number of hydrogen-bond acceptors (Lipinski definition) is 0. The van der Waals surface area contributed by atoms with Gasteiger partial charge in [0.05, 0.1) is 0 Å². The first-order valence-corrected chi connectivity index (χ1v) is 16.0. The van der Waals surface area contributed by atoms with Gasteiger partial charge in [-0.15, -0.1) is 0 Å². The Morgan fingerprint density at radius 3 is 1.00 bits per heavy atom. The molecule has 0 fully saturated rings. The third-order valence-corrected chi connectivity index (χ3v) is 7.29. The summed E-state index contributed by atoms with van der Waals surface area (Å²) in [5, 5.41) is 0. The Morgan fingerprint density at radius 2 is 0.800 bits per heavy atom. The van der Waals surface area contributed by atoms with E-state index in [1.165, 1.54) is 36.1 Å². The van der Waals surface area contributed by atoms with Crippen molar-refractivity contribution in [3.63, 3.8) is 0 Å². The minimum Gasteiger partial charge on any atom is -1.00 e. The average Bonchev–Trinajstić information content (AvgIpc) is 3.07. The van der Waals surface area contributed by atoms with E-state index in [9.17, 15) is 0 Å². The maximum atomic E-state index is 2.43. The second kappa shape index (κ2) is 14.6. The van der Waals surface area contributed by atoms with E-state index in [2.05, 4.69) is 87.8 Å². The van der Waals surface area contributed by atoms with Crippen LogP contribution in [0.5, 0.6) is 0 Å². The molecule has 2 rings (SSSR count). The topological polar surface area (TPSA) is 0 Å². The summed E-state index contributed by atoms with van der Waals surface area (Å²) in [6, 6.07) is 20.2. The van der Waals surface area contributed by atoms with Crippen LogP contribution in [0.15, 0.2) is 48.5 Å². The number of rotatable bonds is 6. The maximum absolute atomic E-state index is 2.43. The van der Waals surface area contributed by atoms with Gasteiger partial charge < -0.3 is 24.8 Å². The molecule has 0 unspecified atom stereocenters. The molecule has 0 spiro atoms. The summed E-state index contributed by atoms with van der Waals surface area (Å²) in [6.07, 6.45) is 2.56. The quantitative estimate of drug-likeness (QED) is 0.347. The van der Waals surface area contributed by atoms with Gasteiger partial charge in [0, 0.05) is 16.1 Å². The molecule has 0 aliphatic heterocycles. The van der Waals surface area contributed by atoms with Crippen molar-refractivity contribution in [1.29, 1.82) is 0 Å². The van der Waals surface area contributed by atoms with Crippen LogP contribution in [0.1, 0.15) is 11.1 Å². The monoisotopic (exact) mass is 580 g/mol. The Morgan fingerprint density at radius 1 is 0.560 bits per heavy atom. The van der Waals surface area contributed by atoms with Crippen molar-refractivity contribution >= 4 is 16.1 Å². The molecule has 5 heteroatoms. The molecule has 25 heavy (non-hydrogen) atoms. The third-order valence-electron chi connectivity index (χ3n) is 3.79. The van der Waals surface area contributed by atoms with E-state index in [0.29, 0.717) is 0 Å². The third kappa shape index (κ3) is 17.7. The Hall–Kier alpha value is 0.584. The first-order valence-electron chi connectivity index (χ1n) is 8.57. The Kier molecular flexibility index (Phi) is 17.7. The largest absolute Gasteiger partial charge is 4.00 e. The minimum absolute atomic E-state index is 0. The Balaban J connectivity index is -0.000000346. The van der Waals surface area contributed by atoms with E-state index in [1.807, 2.05) is 0 Å². The fourth-order valence-corrected chi connectivity index (χ4v) is 4.28. The second-order valence-electron chi connectivity index (χ2n) is 8.71. The van der Waals surface area contributed by atoms with E-state index in [0.717, 1.165) is 0 Å². The molecule has 0 aliphatic carbocycles. The van der Waals surface area contributed by atoms with E-state index in [1.54, 1.807) is 0 Å².